The lowest BCUT2D eigenvalue weighted by molar-refractivity contribution is 0.0881. The molecule has 0 unspecified atom stereocenters. The molecule has 172 valence electrons. The summed E-state index contributed by atoms with van der Waals surface area (Å²) in [6.07, 6.45) is 8.39. The summed E-state index contributed by atoms with van der Waals surface area (Å²) >= 11 is 2.26. The Bertz CT molecular complexity index is 1120. The van der Waals surface area contributed by atoms with Crippen LogP contribution in [-0.4, -0.2) is 64.3 Å². The largest absolute Gasteiger partial charge is 0.474 e. The van der Waals surface area contributed by atoms with Gasteiger partial charge in [0.05, 0.1) is 24.1 Å². The molecule has 3 aromatic rings. The summed E-state index contributed by atoms with van der Waals surface area (Å²) in [4.78, 5) is 32.1. The molecule has 0 radical (unpaired) electrons. The molecule has 1 saturated carbocycles. The van der Waals surface area contributed by atoms with E-state index in [2.05, 4.69) is 53.8 Å². The van der Waals surface area contributed by atoms with Gasteiger partial charge in [-0.1, -0.05) is 0 Å². The fraction of sp³-hybridized carbons (Fsp3) is 0.435. The average Bonchev–Trinajstić information content (AvgIpc) is 2.86. The van der Waals surface area contributed by atoms with Crippen molar-refractivity contribution in [1.29, 1.82) is 0 Å². The van der Waals surface area contributed by atoms with Gasteiger partial charge in [-0.05, 0) is 60.4 Å². The van der Waals surface area contributed by atoms with E-state index in [-0.39, 0.29) is 23.9 Å². The Hall–Kier alpha value is -2.60. The van der Waals surface area contributed by atoms with E-state index in [9.17, 15) is 4.79 Å². The number of rotatable bonds is 5. The predicted octanol–water partition coefficient (Wildman–Crippen LogP) is 2.98. The van der Waals surface area contributed by atoms with Crippen LogP contribution in [0.3, 0.4) is 0 Å². The number of ether oxygens (including phenoxy) is 2. The highest BCUT2D eigenvalue weighted by molar-refractivity contribution is 14.1. The van der Waals surface area contributed by atoms with Gasteiger partial charge < -0.3 is 19.7 Å². The Morgan fingerprint density at radius 2 is 1.85 bits per heavy atom. The van der Waals surface area contributed by atoms with Crippen molar-refractivity contribution in [3.8, 4) is 5.88 Å². The van der Waals surface area contributed by atoms with E-state index < -0.39 is 0 Å². The number of pyridine rings is 2. The minimum atomic E-state index is -0.230. The Labute approximate surface area is 205 Å². The van der Waals surface area contributed by atoms with Crippen molar-refractivity contribution in [3.63, 3.8) is 0 Å². The first-order chi connectivity index (χ1) is 16.2. The Kier molecular flexibility index (Phi) is 6.81. The minimum Gasteiger partial charge on any atom is -0.474 e. The van der Waals surface area contributed by atoms with Gasteiger partial charge in [0.15, 0.2) is 0 Å². The molecule has 4 heterocycles. The van der Waals surface area contributed by atoms with E-state index in [1.807, 2.05) is 12.3 Å². The number of carbonyl (C=O) groups is 1. The van der Waals surface area contributed by atoms with Gasteiger partial charge in [-0.15, -0.1) is 0 Å². The van der Waals surface area contributed by atoms with Gasteiger partial charge in [-0.25, -0.2) is 9.97 Å². The summed E-state index contributed by atoms with van der Waals surface area (Å²) in [6, 6.07) is 5.89. The number of fused-ring (bicyclic) bond motifs is 1. The highest BCUT2D eigenvalue weighted by Gasteiger charge is 2.26. The lowest BCUT2D eigenvalue weighted by Gasteiger charge is -2.31. The Balaban J connectivity index is 1.28. The van der Waals surface area contributed by atoms with Gasteiger partial charge >= 0.3 is 0 Å². The van der Waals surface area contributed by atoms with Gasteiger partial charge in [-0.3, -0.25) is 9.78 Å². The molecule has 10 heteroatoms. The summed E-state index contributed by atoms with van der Waals surface area (Å²) < 4.78 is 13.0. The fourth-order valence-electron chi connectivity index (χ4n) is 4.25. The third-order valence-corrected chi connectivity index (χ3v) is 6.58. The van der Waals surface area contributed by atoms with Crippen molar-refractivity contribution in [2.24, 2.45) is 0 Å². The number of nitrogens with zero attached hydrogens (tertiary/aromatic N) is 5. The molecule has 1 saturated heterocycles. The normalized spacial score (nSPS) is 21.1. The number of morpholine rings is 1. The number of aromatic nitrogens is 4. The van der Waals surface area contributed by atoms with Crippen LogP contribution in [0.15, 0.2) is 36.8 Å². The van der Waals surface area contributed by atoms with Gasteiger partial charge in [-0.2, -0.15) is 4.98 Å². The molecule has 33 heavy (non-hydrogen) atoms. The van der Waals surface area contributed by atoms with Crippen LogP contribution in [0.4, 0.5) is 5.82 Å². The zero-order valence-electron chi connectivity index (χ0n) is 18.1. The lowest BCUT2D eigenvalue weighted by atomic mass is 9.93. The summed E-state index contributed by atoms with van der Waals surface area (Å²) in [5.74, 6) is 1.48. The van der Waals surface area contributed by atoms with Crippen molar-refractivity contribution in [2.45, 2.75) is 37.8 Å². The first kappa shape index (κ1) is 22.2. The third-order valence-electron chi connectivity index (χ3n) is 5.99. The number of hydrogen-bond donors (Lipinski definition) is 1. The summed E-state index contributed by atoms with van der Waals surface area (Å²) in [7, 11) is 0. The topological polar surface area (TPSA) is 102 Å². The van der Waals surface area contributed by atoms with Gasteiger partial charge in [0, 0.05) is 47.4 Å². The molecule has 2 fully saturated rings. The molecule has 1 aliphatic carbocycles. The molecule has 0 atom stereocenters. The Morgan fingerprint density at radius 3 is 2.61 bits per heavy atom. The number of carbonyl (C=O) groups excluding carboxylic acids is 1. The van der Waals surface area contributed by atoms with E-state index >= 15 is 0 Å². The number of halogens is 1. The molecule has 3 aromatic heterocycles. The maximum atomic E-state index is 12.4. The second-order valence-corrected chi connectivity index (χ2v) is 9.49. The number of hydrogen-bond acceptors (Lipinski definition) is 8. The van der Waals surface area contributed by atoms with E-state index in [0.29, 0.717) is 19.1 Å². The summed E-state index contributed by atoms with van der Waals surface area (Å²) in [5.41, 5.74) is 0.880. The van der Waals surface area contributed by atoms with E-state index in [1.165, 1.54) is 0 Å². The van der Waals surface area contributed by atoms with E-state index in [1.54, 1.807) is 18.5 Å². The van der Waals surface area contributed by atoms with Crippen LogP contribution in [-0.2, 0) is 4.74 Å². The van der Waals surface area contributed by atoms with Crippen LogP contribution in [0.5, 0.6) is 5.88 Å². The maximum Gasteiger partial charge on any atom is 0.289 e. The molecule has 1 aliphatic heterocycles. The van der Waals surface area contributed by atoms with Crippen LogP contribution < -0.4 is 15.0 Å². The number of anilines is 1. The molecule has 0 bridgehead atoms. The zero-order valence-corrected chi connectivity index (χ0v) is 20.3. The van der Waals surface area contributed by atoms with Crippen molar-refractivity contribution in [3.05, 3.63) is 46.2 Å². The lowest BCUT2D eigenvalue weighted by Crippen LogP contribution is -2.40. The standard InChI is InChI=1S/C23H25IN6O3/c24-15-12-18-19(27-14-15)13-20(30-8-10-32-11-9-30)29-23(18)33-17-4-2-16(3-5-17)28-22(31)21-25-6-1-7-26-21/h1,6-7,12-14,16-17H,2-5,8-11H2,(H,28,31). The molecule has 0 aromatic carbocycles. The van der Waals surface area contributed by atoms with Gasteiger partial charge in [0.1, 0.15) is 11.9 Å². The average molecular weight is 560 g/mol. The van der Waals surface area contributed by atoms with Crippen LogP contribution in [0.1, 0.15) is 36.3 Å². The zero-order chi connectivity index (χ0) is 22.6. The molecule has 5 rings (SSSR count). The third kappa shape index (κ3) is 5.32. The molecule has 9 nitrogen and oxygen atoms in total. The van der Waals surface area contributed by atoms with E-state index in [0.717, 1.165) is 59.1 Å². The van der Waals surface area contributed by atoms with Gasteiger partial charge in [0.25, 0.3) is 5.91 Å². The number of nitrogens with one attached hydrogen (secondary N) is 1. The predicted molar refractivity (Wildman–Crippen MR) is 131 cm³/mol. The molecule has 2 aliphatic rings. The van der Waals surface area contributed by atoms with Crippen molar-refractivity contribution in [1.82, 2.24) is 25.3 Å². The van der Waals surface area contributed by atoms with Crippen LogP contribution >= 0.6 is 22.6 Å². The highest BCUT2D eigenvalue weighted by atomic mass is 127. The molecular weight excluding hydrogens is 535 g/mol. The number of amides is 1. The molecule has 1 N–H and O–H groups in total. The van der Waals surface area contributed by atoms with Crippen molar-refractivity contribution >= 4 is 45.2 Å². The minimum absolute atomic E-state index is 0.0413. The summed E-state index contributed by atoms with van der Waals surface area (Å²) in [5, 5.41) is 3.97. The highest BCUT2D eigenvalue weighted by Crippen LogP contribution is 2.31. The van der Waals surface area contributed by atoms with Gasteiger partial charge in [0.2, 0.25) is 11.7 Å². The SMILES string of the molecule is O=C(NC1CCC(Oc2nc(N3CCOCC3)cc3ncc(I)cc23)CC1)c1ncccn1. The smallest absolute Gasteiger partial charge is 0.289 e. The van der Waals surface area contributed by atoms with E-state index in [4.69, 9.17) is 14.5 Å². The fourth-order valence-corrected chi connectivity index (χ4v) is 4.70. The summed E-state index contributed by atoms with van der Waals surface area (Å²) in [6.45, 7) is 3.00. The molecule has 1 amide bonds. The monoisotopic (exact) mass is 560 g/mol. The quantitative estimate of drug-likeness (QED) is 0.476. The second kappa shape index (κ2) is 10.1. The second-order valence-electron chi connectivity index (χ2n) is 8.24. The molecular formula is C23H25IN6O3. The maximum absolute atomic E-state index is 12.4. The first-order valence-electron chi connectivity index (χ1n) is 11.2. The molecule has 0 spiro atoms. The Morgan fingerprint density at radius 1 is 1.09 bits per heavy atom. The van der Waals surface area contributed by atoms with Crippen molar-refractivity contribution in [2.75, 3.05) is 31.2 Å². The van der Waals surface area contributed by atoms with Crippen LogP contribution in [0.25, 0.3) is 10.9 Å². The van der Waals surface area contributed by atoms with Crippen LogP contribution in [0.2, 0.25) is 0 Å². The van der Waals surface area contributed by atoms with Crippen molar-refractivity contribution < 1.29 is 14.3 Å². The van der Waals surface area contributed by atoms with Crippen LogP contribution in [0, 0.1) is 3.57 Å². The first-order valence-corrected chi connectivity index (χ1v) is 12.3.